The zero-order valence-corrected chi connectivity index (χ0v) is 16.1. The van der Waals surface area contributed by atoms with Crippen LogP contribution in [0.4, 0.5) is 0 Å². The van der Waals surface area contributed by atoms with Gasteiger partial charge < -0.3 is 28.8 Å². The molecule has 8 heteroatoms. The molecule has 0 saturated carbocycles. The average molecular weight is 376 g/mol. The summed E-state index contributed by atoms with van der Waals surface area (Å²) in [5.41, 5.74) is 0.293. The fourth-order valence-electron chi connectivity index (χ4n) is 2.50. The van der Waals surface area contributed by atoms with E-state index in [1.807, 2.05) is 19.1 Å². The topological polar surface area (TPSA) is 90.2 Å². The molecule has 2 rings (SSSR count). The lowest BCUT2D eigenvalue weighted by molar-refractivity contribution is -0.129. The maximum Gasteiger partial charge on any atom is 0.251 e. The molecule has 0 unspecified atom stereocenters. The van der Waals surface area contributed by atoms with Crippen molar-refractivity contribution < 1.29 is 28.2 Å². The maximum absolute atomic E-state index is 12.4. The summed E-state index contributed by atoms with van der Waals surface area (Å²) < 4.78 is 21.1. The Kier molecular flexibility index (Phi) is 6.70. The number of carbonyl (C=O) groups is 2. The van der Waals surface area contributed by atoms with Gasteiger partial charge in [-0.1, -0.05) is 0 Å². The number of amides is 2. The quantitative estimate of drug-likeness (QED) is 0.758. The summed E-state index contributed by atoms with van der Waals surface area (Å²) in [6.45, 7) is 2.02. The van der Waals surface area contributed by atoms with E-state index in [1.54, 1.807) is 7.05 Å². The zero-order valence-electron chi connectivity index (χ0n) is 16.1. The third-order valence-electron chi connectivity index (χ3n) is 3.94. The Balaban J connectivity index is 2.01. The molecular weight excluding hydrogens is 352 g/mol. The van der Waals surface area contributed by atoms with Crippen LogP contribution >= 0.6 is 0 Å². The zero-order chi connectivity index (χ0) is 20.0. The third-order valence-corrected chi connectivity index (χ3v) is 3.94. The van der Waals surface area contributed by atoms with Crippen LogP contribution < -0.4 is 19.5 Å². The van der Waals surface area contributed by atoms with Crippen LogP contribution in [0, 0.1) is 6.92 Å². The van der Waals surface area contributed by atoms with Crippen molar-refractivity contribution in [3.63, 3.8) is 0 Å². The number of nitrogens with one attached hydrogen (secondary N) is 1. The van der Waals surface area contributed by atoms with Crippen molar-refractivity contribution in [2.45, 2.75) is 13.5 Å². The molecule has 8 nitrogen and oxygen atoms in total. The van der Waals surface area contributed by atoms with Crippen LogP contribution in [0.3, 0.4) is 0 Å². The predicted octanol–water partition coefficient (Wildman–Crippen LogP) is 2.00. The highest BCUT2D eigenvalue weighted by Gasteiger charge is 2.18. The van der Waals surface area contributed by atoms with Gasteiger partial charge in [-0.2, -0.15) is 0 Å². The minimum absolute atomic E-state index is 0.147. The van der Waals surface area contributed by atoms with Crippen molar-refractivity contribution in [2.24, 2.45) is 0 Å². The summed E-state index contributed by atoms with van der Waals surface area (Å²) in [6, 6.07) is 6.69. The number of likely N-dealkylation sites (N-methyl/N-ethyl adjacent to an activating group) is 1. The molecule has 146 valence electrons. The molecule has 2 amide bonds. The van der Waals surface area contributed by atoms with Crippen molar-refractivity contribution in [3.8, 4) is 17.2 Å². The van der Waals surface area contributed by atoms with Gasteiger partial charge >= 0.3 is 0 Å². The third kappa shape index (κ3) is 4.93. The SMILES string of the molecule is COc1cc(C(=O)NCC(=O)N(C)Cc2ccc(C)o2)cc(OC)c1OC. The Bertz CT molecular complexity index is 789. The Morgan fingerprint density at radius 3 is 2.19 bits per heavy atom. The number of aryl methyl sites for hydroxylation is 1. The van der Waals surface area contributed by atoms with Crippen LogP contribution in [0.25, 0.3) is 0 Å². The fraction of sp³-hybridized carbons (Fsp3) is 0.368. The first-order chi connectivity index (χ1) is 12.9. The minimum Gasteiger partial charge on any atom is -0.493 e. The van der Waals surface area contributed by atoms with Gasteiger partial charge in [0.05, 0.1) is 34.4 Å². The first-order valence-corrected chi connectivity index (χ1v) is 8.27. The van der Waals surface area contributed by atoms with E-state index >= 15 is 0 Å². The molecule has 0 bridgehead atoms. The van der Waals surface area contributed by atoms with E-state index in [0.717, 1.165) is 5.76 Å². The van der Waals surface area contributed by atoms with Crippen molar-refractivity contribution in [2.75, 3.05) is 34.9 Å². The molecule has 1 aromatic carbocycles. The second kappa shape index (κ2) is 8.98. The number of hydrogen-bond donors (Lipinski definition) is 1. The number of ether oxygens (including phenoxy) is 3. The molecule has 0 spiro atoms. The van der Waals surface area contributed by atoms with Crippen LogP contribution in [-0.4, -0.2) is 51.6 Å². The number of hydrogen-bond acceptors (Lipinski definition) is 6. The number of nitrogens with zero attached hydrogens (tertiary/aromatic N) is 1. The number of methoxy groups -OCH3 is 3. The van der Waals surface area contributed by atoms with E-state index in [1.165, 1.54) is 38.4 Å². The van der Waals surface area contributed by atoms with E-state index in [2.05, 4.69) is 5.32 Å². The first kappa shape index (κ1) is 20.2. The molecule has 0 aliphatic rings. The number of rotatable bonds is 8. The molecule has 0 saturated heterocycles. The van der Waals surface area contributed by atoms with Crippen LogP contribution in [0.1, 0.15) is 21.9 Å². The Morgan fingerprint density at radius 1 is 1.07 bits per heavy atom. The first-order valence-electron chi connectivity index (χ1n) is 8.27. The van der Waals surface area contributed by atoms with E-state index in [-0.39, 0.29) is 12.5 Å². The molecule has 1 aromatic heterocycles. The monoisotopic (exact) mass is 376 g/mol. The molecular formula is C19H24N2O6. The molecule has 0 radical (unpaired) electrons. The minimum atomic E-state index is -0.426. The van der Waals surface area contributed by atoms with Crippen LogP contribution in [-0.2, 0) is 11.3 Å². The lowest BCUT2D eigenvalue weighted by Crippen LogP contribution is -2.37. The highest BCUT2D eigenvalue weighted by atomic mass is 16.5. The van der Waals surface area contributed by atoms with Crippen molar-refractivity contribution >= 4 is 11.8 Å². The second-order valence-electron chi connectivity index (χ2n) is 5.86. The van der Waals surface area contributed by atoms with Gasteiger partial charge in [-0.25, -0.2) is 0 Å². The highest BCUT2D eigenvalue weighted by molar-refractivity contribution is 5.97. The Hall–Kier alpha value is -3.16. The lowest BCUT2D eigenvalue weighted by Gasteiger charge is -2.17. The molecule has 2 aromatic rings. The number of furan rings is 1. The summed E-state index contributed by atoms with van der Waals surface area (Å²) in [7, 11) is 6.06. The van der Waals surface area contributed by atoms with Crippen molar-refractivity contribution in [3.05, 3.63) is 41.3 Å². The normalized spacial score (nSPS) is 10.3. The van der Waals surface area contributed by atoms with Gasteiger partial charge in [0.25, 0.3) is 5.91 Å². The predicted molar refractivity (Wildman–Crippen MR) is 98.4 cm³/mol. The van der Waals surface area contributed by atoms with Gasteiger partial charge in [-0.15, -0.1) is 0 Å². The van der Waals surface area contributed by atoms with E-state index in [0.29, 0.717) is 35.1 Å². The average Bonchev–Trinajstić information content (AvgIpc) is 3.08. The van der Waals surface area contributed by atoms with Crippen LogP contribution in [0.2, 0.25) is 0 Å². The van der Waals surface area contributed by atoms with Gasteiger partial charge in [0, 0.05) is 12.6 Å². The summed E-state index contributed by atoms with van der Waals surface area (Å²) in [4.78, 5) is 26.1. The van der Waals surface area contributed by atoms with Gasteiger partial charge in [0.2, 0.25) is 11.7 Å². The highest BCUT2D eigenvalue weighted by Crippen LogP contribution is 2.38. The molecule has 1 heterocycles. The lowest BCUT2D eigenvalue weighted by atomic mass is 10.1. The maximum atomic E-state index is 12.4. The molecule has 0 fully saturated rings. The Labute approximate surface area is 158 Å². The number of benzene rings is 1. The smallest absolute Gasteiger partial charge is 0.251 e. The molecule has 0 atom stereocenters. The molecule has 1 N–H and O–H groups in total. The number of carbonyl (C=O) groups excluding carboxylic acids is 2. The van der Waals surface area contributed by atoms with Crippen LogP contribution in [0.15, 0.2) is 28.7 Å². The summed E-state index contributed by atoms with van der Waals surface area (Å²) >= 11 is 0. The summed E-state index contributed by atoms with van der Waals surface area (Å²) in [6.07, 6.45) is 0. The van der Waals surface area contributed by atoms with E-state index in [4.69, 9.17) is 18.6 Å². The van der Waals surface area contributed by atoms with Gasteiger partial charge in [0.1, 0.15) is 11.5 Å². The summed E-state index contributed by atoms with van der Waals surface area (Å²) in [5.74, 6) is 1.90. The van der Waals surface area contributed by atoms with E-state index in [9.17, 15) is 9.59 Å². The second-order valence-corrected chi connectivity index (χ2v) is 5.86. The summed E-state index contributed by atoms with van der Waals surface area (Å²) in [5, 5.41) is 2.60. The Morgan fingerprint density at radius 2 is 1.70 bits per heavy atom. The molecule has 0 aliphatic heterocycles. The van der Waals surface area contributed by atoms with Gasteiger partial charge in [-0.3, -0.25) is 9.59 Å². The molecule has 0 aliphatic carbocycles. The molecule has 27 heavy (non-hydrogen) atoms. The van der Waals surface area contributed by atoms with E-state index < -0.39 is 5.91 Å². The largest absolute Gasteiger partial charge is 0.493 e. The van der Waals surface area contributed by atoms with Gasteiger partial charge in [-0.05, 0) is 31.2 Å². The van der Waals surface area contributed by atoms with Gasteiger partial charge in [0.15, 0.2) is 11.5 Å². The standard InChI is InChI=1S/C19H24N2O6/c1-12-6-7-14(27-12)11-21(2)17(22)10-20-19(23)13-8-15(24-3)18(26-5)16(9-13)25-4/h6-9H,10-11H2,1-5H3,(H,20,23). The van der Waals surface area contributed by atoms with Crippen molar-refractivity contribution in [1.29, 1.82) is 0 Å². The fourth-order valence-corrected chi connectivity index (χ4v) is 2.50. The van der Waals surface area contributed by atoms with Crippen LogP contribution in [0.5, 0.6) is 17.2 Å². The van der Waals surface area contributed by atoms with Crippen molar-refractivity contribution in [1.82, 2.24) is 10.2 Å².